The topological polar surface area (TPSA) is 101 Å². The predicted octanol–water partition coefficient (Wildman–Crippen LogP) is 5.17. The van der Waals surface area contributed by atoms with Crippen LogP contribution in [0.4, 0.5) is 5.69 Å². The molecule has 0 aliphatic carbocycles. The summed E-state index contributed by atoms with van der Waals surface area (Å²) in [5.74, 6) is -0.665. The summed E-state index contributed by atoms with van der Waals surface area (Å²) in [6.07, 6.45) is 1.38. The van der Waals surface area contributed by atoms with Crippen molar-refractivity contribution in [1.82, 2.24) is 9.78 Å². The van der Waals surface area contributed by atoms with Crippen LogP contribution in [-0.2, 0) is 16.6 Å². The Balaban J connectivity index is 1.76. The van der Waals surface area contributed by atoms with Crippen LogP contribution in [0.2, 0.25) is 0 Å². The number of benzene rings is 3. The molecular formula is C25H25N3O4S. The van der Waals surface area contributed by atoms with Crippen LogP contribution in [0, 0.1) is 12.8 Å². The van der Waals surface area contributed by atoms with E-state index in [-0.39, 0.29) is 10.5 Å². The van der Waals surface area contributed by atoms with E-state index >= 15 is 0 Å². The van der Waals surface area contributed by atoms with Crippen LogP contribution in [0.3, 0.4) is 0 Å². The maximum absolute atomic E-state index is 13.2. The molecule has 7 nitrogen and oxygen atoms in total. The van der Waals surface area contributed by atoms with E-state index in [1.54, 1.807) is 35.9 Å². The van der Waals surface area contributed by atoms with Crippen LogP contribution in [0.1, 0.15) is 29.9 Å². The minimum absolute atomic E-state index is 0.144. The summed E-state index contributed by atoms with van der Waals surface area (Å²) < 4.78 is 30.8. The lowest BCUT2D eigenvalue weighted by Crippen LogP contribution is -2.15. The van der Waals surface area contributed by atoms with Gasteiger partial charge in [-0.15, -0.1) is 0 Å². The van der Waals surface area contributed by atoms with Gasteiger partial charge < -0.3 is 5.11 Å². The number of aromatic carboxylic acids is 1. The lowest BCUT2D eigenvalue weighted by atomic mass is 9.96. The number of rotatable bonds is 7. The van der Waals surface area contributed by atoms with E-state index in [0.717, 1.165) is 16.5 Å². The van der Waals surface area contributed by atoms with Gasteiger partial charge in [0.05, 0.1) is 23.1 Å². The predicted molar refractivity (Wildman–Crippen MR) is 129 cm³/mol. The summed E-state index contributed by atoms with van der Waals surface area (Å²) >= 11 is 0. The van der Waals surface area contributed by atoms with Gasteiger partial charge in [-0.2, -0.15) is 5.10 Å². The van der Waals surface area contributed by atoms with Gasteiger partial charge in [0, 0.05) is 11.9 Å². The first-order chi connectivity index (χ1) is 15.7. The summed E-state index contributed by atoms with van der Waals surface area (Å²) in [7, 11) is -3.86. The highest BCUT2D eigenvalue weighted by atomic mass is 32.2. The zero-order valence-electron chi connectivity index (χ0n) is 18.6. The molecule has 0 unspecified atom stereocenters. The Morgan fingerprint density at radius 1 is 1.06 bits per heavy atom. The molecule has 2 N–H and O–H groups in total. The molecule has 1 aromatic heterocycles. The van der Waals surface area contributed by atoms with Gasteiger partial charge in [-0.25, -0.2) is 13.2 Å². The summed E-state index contributed by atoms with van der Waals surface area (Å²) in [6, 6.07) is 17.6. The molecule has 0 fully saturated rings. The smallest absolute Gasteiger partial charge is 0.335 e. The number of nitrogens with zero attached hydrogens (tertiary/aromatic N) is 2. The van der Waals surface area contributed by atoms with Gasteiger partial charge in [-0.3, -0.25) is 9.40 Å². The number of carboxylic acid groups (broad SMARTS) is 1. The number of hydrogen-bond acceptors (Lipinski definition) is 4. The molecule has 170 valence electrons. The number of fused-ring (bicyclic) bond motifs is 1. The highest BCUT2D eigenvalue weighted by Gasteiger charge is 2.22. The third-order valence-corrected chi connectivity index (χ3v) is 6.94. The maximum Gasteiger partial charge on any atom is 0.335 e. The Hall–Kier alpha value is -3.65. The molecule has 0 bridgehead atoms. The molecule has 0 amide bonds. The van der Waals surface area contributed by atoms with Crippen LogP contribution in [0.5, 0.6) is 0 Å². The van der Waals surface area contributed by atoms with E-state index in [9.17, 15) is 18.3 Å². The summed E-state index contributed by atoms with van der Waals surface area (Å²) in [5, 5.41) is 15.1. The van der Waals surface area contributed by atoms with Crippen LogP contribution in [0.15, 0.2) is 71.8 Å². The van der Waals surface area contributed by atoms with Gasteiger partial charge in [0.1, 0.15) is 4.90 Å². The minimum atomic E-state index is -3.86. The van der Waals surface area contributed by atoms with Crippen molar-refractivity contribution in [3.8, 4) is 11.1 Å². The van der Waals surface area contributed by atoms with Crippen molar-refractivity contribution in [1.29, 1.82) is 0 Å². The van der Waals surface area contributed by atoms with Crippen molar-refractivity contribution < 1.29 is 18.3 Å². The van der Waals surface area contributed by atoms with Crippen LogP contribution in [-0.4, -0.2) is 29.3 Å². The monoisotopic (exact) mass is 463 g/mol. The van der Waals surface area contributed by atoms with Crippen LogP contribution < -0.4 is 4.72 Å². The van der Waals surface area contributed by atoms with Crippen molar-refractivity contribution in [3.63, 3.8) is 0 Å². The van der Waals surface area contributed by atoms with E-state index in [2.05, 4.69) is 9.82 Å². The molecule has 1 heterocycles. The fraction of sp³-hybridized carbons (Fsp3) is 0.200. The van der Waals surface area contributed by atoms with E-state index in [1.165, 1.54) is 12.3 Å². The molecule has 0 spiro atoms. The Morgan fingerprint density at radius 2 is 1.79 bits per heavy atom. The standard InChI is InChI=1S/C25H25N3O4S/c1-16(2)15-28-17(3)24(14-26-28)33(31,32)27-23-12-11-20(21-9-4-5-10-22(21)23)18-7-6-8-19(13-18)25(29)30/h4-14,16,27H,15H2,1-3H3,(H,29,30). The number of hydrogen-bond donors (Lipinski definition) is 2. The van der Waals surface area contributed by atoms with Crippen molar-refractivity contribution in [2.24, 2.45) is 5.92 Å². The molecule has 0 saturated carbocycles. The summed E-state index contributed by atoms with van der Waals surface area (Å²) in [5.41, 5.74) is 2.78. The van der Waals surface area contributed by atoms with Crippen LogP contribution >= 0.6 is 0 Å². The van der Waals surface area contributed by atoms with E-state index in [1.807, 2.05) is 44.2 Å². The Bertz CT molecular complexity index is 1460. The molecule has 0 atom stereocenters. The molecule has 3 aromatic carbocycles. The molecule has 0 aliphatic rings. The fourth-order valence-corrected chi connectivity index (χ4v) is 5.14. The van der Waals surface area contributed by atoms with Gasteiger partial charge in [0.15, 0.2) is 0 Å². The van der Waals surface area contributed by atoms with Gasteiger partial charge in [-0.1, -0.05) is 56.3 Å². The van der Waals surface area contributed by atoms with Crippen molar-refractivity contribution in [2.75, 3.05) is 4.72 Å². The lowest BCUT2D eigenvalue weighted by molar-refractivity contribution is 0.0697. The van der Waals surface area contributed by atoms with Crippen molar-refractivity contribution >= 4 is 32.5 Å². The second-order valence-corrected chi connectivity index (χ2v) is 10.0. The molecule has 0 saturated heterocycles. The average molecular weight is 464 g/mol. The quantitative estimate of drug-likeness (QED) is 0.394. The molecule has 0 radical (unpaired) electrons. The van der Waals surface area contributed by atoms with Crippen molar-refractivity contribution in [2.45, 2.75) is 32.2 Å². The van der Waals surface area contributed by atoms with Gasteiger partial charge >= 0.3 is 5.97 Å². The molecule has 0 aliphatic heterocycles. The number of sulfonamides is 1. The average Bonchev–Trinajstić information content (AvgIpc) is 3.14. The largest absolute Gasteiger partial charge is 0.478 e. The number of carbonyl (C=O) groups is 1. The second kappa shape index (κ2) is 8.71. The molecule has 33 heavy (non-hydrogen) atoms. The molecule has 4 rings (SSSR count). The van der Waals surface area contributed by atoms with E-state index in [4.69, 9.17) is 0 Å². The summed E-state index contributed by atoms with van der Waals surface area (Å²) in [4.78, 5) is 11.5. The summed E-state index contributed by atoms with van der Waals surface area (Å²) in [6.45, 7) is 6.48. The Labute approximate surface area is 192 Å². The zero-order chi connectivity index (χ0) is 23.8. The SMILES string of the molecule is Cc1c(S(=O)(=O)Nc2ccc(-c3cccc(C(=O)O)c3)c3ccccc23)cnn1CC(C)C. The minimum Gasteiger partial charge on any atom is -0.478 e. The number of aromatic nitrogens is 2. The molecule has 8 heteroatoms. The Kier molecular flexibility index (Phi) is 5.95. The first kappa shape index (κ1) is 22.5. The van der Waals surface area contributed by atoms with E-state index < -0.39 is 16.0 Å². The van der Waals surface area contributed by atoms with Gasteiger partial charge in [0.2, 0.25) is 0 Å². The lowest BCUT2D eigenvalue weighted by Gasteiger charge is -2.14. The Morgan fingerprint density at radius 3 is 2.48 bits per heavy atom. The molecular weight excluding hydrogens is 438 g/mol. The highest BCUT2D eigenvalue weighted by molar-refractivity contribution is 7.92. The first-order valence-electron chi connectivity index (χ1n) is 10.6. The fourth-order valence-electron chi connectivity index (χ4n) is 3.88. The number of anilines is 1. The van der Waals surface area contributed by atoms with Gasteiger partial charge in [0.25, 0.3) is 10.0 Å². The van der Waals surface area contributed by atoms with Crippen LogP contribution in [0.25, 0.3) is 21.9 Å². The second-order valence-electron chi connectivity index (χ2n) is 8.37. The third-order valence-electron chi connectivity index (χ3n) is 5.47. The zero-order valence-corrected chi connectivity index (χ0v) is 19.4. The van der Waals surface area contributed by atoms with Crippen molar-refractivity contribution in [3.05, 3.63) is 78.1 Å². The third kappa shape index (κ3) is 4.47. The number of nitrogens with one attached hydrogen (secondary N) is 1. The van der Waals surface area contributed by atoms with E-state index in [0.29, 0.717) is 29.2 Å². The first-order valence-corrected chi connectivity index (χ1v) is 12.1. The maximum atomic E-state index is 13.2. The normalized spacial score (nSPS) is 11.8. The molecule has 4 aromatic rings. The van der Waals surface area contributed by atoms with Gasteiger partial charge in [-0.05, 0) is 47.6 Å². The highest BCUT2D eigenvalue weighted by Crippen LogP contribution is 2.34. The number of carboxylic acids is 1.